The number of nitrogens with zero attached hydrogens (tertiary/aromatic N) is 2. The number of nitro groups is 1. The number of ether oxygens (including phenoxy) is 2. The summed E-state index contributed by atoms with van der Waals surface area (Å²) in [7, 11) is -2.64. The molecule has 1 aliphatic rings. The molecule has 0 fully saturated rings. The number of carbonyl (C=O) groups is 1. The van der Waals surface area contributed by atoms with Crippen molar-refractivity contribution in [2.75, 3.05) is 13.8 Å². The van der Waals surface area contributed by atoms with Crippen LogP contribution in [-0.4, -0.2) is 38.0 Å². The molecule has 0 spiro atoms. The van der Waals surface area contributed by atoms with E-state index in [0.29, 0.717) is 23.6 Å². The van der Waals surface area contributed by atoms with Crippen molar-refractivity contribution in [1.29, 1.82) is 0 Å². The summed E-state index contributed by atoms with van der Waals surface area (Å²) in [6, 6.07) is 15.6. The van der Waals surface area contributed by atoms with E-state index in [1.807, 2.05) is 12.1 Å². The van der Waals surface area contributed by atoms with Crippen LogP contribution in [0.3, 0.4) is 0 Å². The fourth-order valence-corrected chi connectivity index (χ4v) is 4.16. The molecule has 3 aromatic rings. The first-order valence-corrected chi connectivity index (χ1v) is 11.1. The van der Waals surface area contributed by atoms with Crippen LogP contribution in [0, 0.1) is 10.1 Å². The number of hydrogen-bond acceptors (Lipinski definition) is 8. The fraction of sp³-hybridized carbons (Fsp3) is 0.136. The van der Waals surface area contributed by atoms with Crippen LogP contribution in [0.2, 0.25) is 0 Å². The Hall–Kier alpha value is -4.12. The predicted octanol–water partition coefficient (Wildman–Crippen LogP) is 3.36. The molecule has 170 valence electrons. The van der Waals surface area contributed by atoms with Crippen LogP contribution >= 0.6 is 0 Å². The lowest BCUT2D eigenvalue weighted by atomic mass is 10.1. The normalized spacial score (nSPS) is 12.3. The van der Waals surface area contributed by atoms with Crippen molar-refractivity contribution >= 4 is 21.7 Å². The molecule has 1 heterocycles. The number of carbonyl (C=O) groups excluding carboxylic acids is 1. The number of benzene rings is 3. The first-order chi connectivity index (χ1) is 15.7. The third kappa shape index (κ3) is 4.88. The van der Waals surface area contributed by atoms with Crippen LogP contribution in [0.25, 0.3) is 0 Å². The Kier molecular flexibility index (Phi) is 5.88. The molecule has 1 aliphatic heterocycles. The van der Waals surface area contributed by atoms with E-state index in [2.05, 4.69) is 0 Å². The number of nitro benzene ring substituents is 1. The van der Waals surface area contributed by atoms with Crippen LogP contribution in [0.5, 0.6) is 17.2 Å². The Bertz CT molecular complexity index is 1320. The third-order valence-electron chi connectivity index (χ3n) is 4.83. The molecule has 0 bridgehead atoms. The van der Waals surface area contributed by atoms with Gasteiger partial charge in [0.1, 0.15) is 10.6 Å². The van der Waals surface area contributed by atoms with E-state index in [1.165, 1.54) is 47.4 Å². The van der Waals surface area contributed by atoms with Crippen LogP contribution in [0.15, 0.2) is 71.6 Å². The zero-order valence-corrected chi connectivity index (χ0v) is 18.2. The average molecular weight is 470 g/mol. The Morgan fingerprint density at radius 3 is 2.52 bits per heavy atom. The van der Waals surface area contributed by atoms with E-state index >= 15 is 0 Å². The van der Waals surface area contributed by atoms with E-state index in [0.717, 1.165) is 11.6 Å². The summed E-state index contributed by atoms with van der Waals surface area (Å²) in [5, 5.41) is 10.9. The molecule has 0 aromatic heterocycles. The van der Waals surface area contributed by atoms with Gasteiger partial charge in [-0.2, -0.15) is 8.42 Å². The summed E-state index contributed by atoms with van der Waals surface area (Å²) in [6.07, 6.45) is 0. The molecule has 0 unspecified atom stereocenters. The van der Waals surface area contributed by atoms with Gasteiger partial charge in [0.2, 0.25) is 6.79 Å². The van der Waals surface area contributed by atoms with Gasteiger partial charge in [0.15, 0.2) is 11.5 Å². The quantitative estimate of drug-likeness (QED) is 0.292. The second-order valence-electron chi connectivity index (χ2n) is 7.17. The highest BCUT2D eigenvalue weighted by Gasteiger charge is 2.21. The summed E-state index contributed by atoms with van der Waals surface area (Å²) in [4.78, 5) is 24.1. The van der Waals surface area contributed by atoms with Gasteiger partial charge in [-0.05, 0) is 48.0 Å². The highest BCUT2D eigenvalue weighted by molar-refractivity contribution is 7.87. The number of hydrogen-bond donors (Lipinski definition) is 0. The molecule has 1 amide bonds. The Morgan fingerprint density at radius 1 is 1.06 bits per heavy atom. The summed E-state index contributed by atoms with van der Waals surface area (Å²) >= 11 is 0. The maximum atomic E-state index is 12.7. The smallest absolute Gasteiger partial charge is 0.339 e. The molecule has 0 radical (unpaired) electrons. The number of amides is 1. The Labute approximate surface area is 189 Å². The van der Waals surface area contributed by atoms with E-state index < -0.39 is 15.0 Å². The molecule has 3 aromatic carbocycles. The Balaban J connectivity index is 1.43. The monoisotopic (exact) mass is 470 g/mol. The summed E-state index contributed by atoms with van der Waals surface area (Å²) in [6.45, 7) is 0.494. The lowest BCUT2D eigenvalue weighted by molar-refractivity contribution is -0.385. The van der Waals surface area contributed by atoms with Crippen molar-refractivity contribution < 1.29 is 31.8 Å². The van der Waals surface area contributed by atoms with Crippen LogP contribution < -0.4 is 13.7 Å². The van der Waals surface area contributed by atoms with Gasteiger partial charge in [-0.1, -0.05) is 12.1 Å². The van der Waals surface area contributed by atoms with Crippen LogP contribution in [0.4, 0.5) is 5.69 Å². The van der Waals surface area contributed by atoms with Gasteiger partial charge in [0.25, 0.3) is 11.6 Å². The Morgan fingerprint density at radius 2 is 1.79 bits per heavy atom. The van der Waals surface area contributed by atoms with Gasteiger partial charge in [-0.15, -0.1) is 0 Å². The van der Waals surface area contributed by atoms with Crippen molar-refractivity contribution in [3.8, 4) is 17.2 Å². The molecule has 10 nitrogen and oxygen atoms in total. The van der Waals surface area contributed by atoms with E-state index in [1.54, 1.807) is 13.1 Å². The minimum atomic E-state index is -4.29. The molecule has 0 saturated carbocycles. The summed E-state index contributed by atoms with van der Waals surface area (Å²) in [5.74, 6) is 0.973. The van der Waals surface area contributed by atoms with Gasteiger partial charge in [0.05, 0.1) is 4.92 Å². The molecule has 0 atom stereocenters. The molecule has 11 heteroatoms. The average Bonchev–Trinajstić information content (AvgIpc) is 3.27. The second kappa shape index (κ2) is 8.79. The van der Waals surface area contributed by atoms with Crippen LogP contribution in [0.1, 0.15) is 15.9 Å². The molecule has 0 aliphatic carbocycles. The highest BCUT2D eigenvalue weighted by Crippen LogP contribution is 2.33. The minimum Gasteiger partial charge on any atom is -0.454 e. The zero-order valence-electron chi connectivity index (χ0n) is 17.3. The largest absolute Gasteiger partial charge is 0.454 e. The third-order valence-corrected chi connectivity index (χ3v) is 6.07. The van der Waals surface area contributed by atoms with Crippen molar-refractivity contribution in [1.82, 2.24) is 4.90 Å². The first kappa shape index (κ1) is 22.1. The van der Waals surface area contributed by atoms with E-state index in [4.69, 9.17) is 13.7 Å². The van der Waals surface area contributed by atoms with Gasteiger partial charge < -0.3 is 18.6 Å². The molecule has 33 heavy (non-hydrogen) atoms. The lowest BCUT2D eigenvalue weighted by Crippen LogP contribution is -2.26. The minimum absolute atomic E-state index is 0.0310. The maximum Gasteiger partial charge on any atom is 0.339 e. The SMILES string of the molecule is CN(Cc1ccc2c(c1)OCO2)C(=O)c1ccc(OS(=O)(=O)c2cccc([N+](=O)[O-])c2)cc1. The molecular formula is C22H18N2O8S. The van der Waals surface area contributed by atoms with E-state index in [-0.39, 0.29) is 29.0 Å². The first-order valence-electron chi connectivity index (χ1n) is 9.66. The van der Waals surface area contributed by atoms with Gasteiger partial charge in [-0.25, -0.2) is 0 Å². The fourth-order valence-electron chi connectivity index (χ4n) is 3.19. The van der Waals surface area contributed by atoms with Crippen molar-refractivity contribution in [3.63, 3.8) is 0 Å². The lowest BCUT2D eigenvalue weighted by Gasteiger charge is -2.18. The number of non-ortho nitro benzene ring substituents is 1. The number of fused-ring (bicyclic) bond motifs is 1. The van der Waals surface area contributed by atoms with Crippen LogP contribution in [-0.2, 0) is 16.7 Å². The summed E-state index contributed by atoms with van der Waals surface area (Å²) < 4.78 is 40.6. The van der Waals surface area contributed by atoms with Crippen molar-refractivity contribution in [3.05, 3.63) is 88.0 Å². The van der Waals surface area contributed by atoms with Gasteiger partial charge in [0, 0.05) is 31.3 Å². The maximum absolute atomic E-state index is 12.7. The second-order valence-corrected chi connectivity index (χ2v) is 8.71. The molecular weight excluding hydrogens is 452 g/mol. The zero-order chi connectivity index (χ0) is 23.6. The molecule has 0 saturated heterocycles. The standard InChI is InChI=1S/C22H18N2O8S/c1-23(13-15-5-10-20-21(11-15)31-14-30-20)22(25)16-6-8-18(9-7-16)32-33(28,29)19-4-2-3-17(12-19)24(26)27/h2-12H,13-14H2,1H3. The topological polar surface area (TPSA) is 125 Å². The highest BCUT2D eigenvalue weighted by atomic mass is 32.2. The van der Waals surface area contributed by atoms with E-state index in [9.17, 15) is 23.3 Å². The van der Waals surface area contributed by atoms with Crippen molar-refractivity contribution in [2.45, 2.75) is 11.4 Å². The van der Waals surface area contributed by atoms with Crippen molar-refractivity contribution in [2.24, 2.45) is 0 Å². The molecule has 4 rings (SSSR count). The van der Waals surface area contributed by atoms with Gasteiger partial charge >= 0.3 is 10.1 Å². The number of rotatable bonds is 7. The molecule has 0 N–H and O–H groups in total. The van der Waals surface area contributed by atoms with Gasteiger partial charge in [-0.3, -0.25) is 14.9 Å². The summed E-state index contributed by atoms with van der Waals surface area (Å²) in [5.41, 5.74) is 0.822. The predicted molar refractivity (Wildman–Crippen MR) is 116 cm³/mol.